The van der Waals surface area contributed by atoms with Gasteiger partial charge in [0.05, 0.1) is 12.2 Å². The van der Waals surface area contributed by atoms with Gasteiger partial charge in [0.1, 0.15) is 5.82 Å². The Hall–Kier alpha value is -2.07. The van der Waals surface area contributed by atoms with Crippen LogP contribution in [0.3, 0.4) is 0 Å². The molecule has 0 aliphatic heterocycles. The van der Waals surface area contributed by atoms with E-state index in [1.165, 1.54) is 0 Å². The van der Waals surface area contributed by atoms with Crippen LogP contribution in [0.2, 0.25) is 0 Å². The lowest BCUT2D eigenvalue weighted by atomic mass is 10.1. The number of aromatic nitrogens is 2. The van der Waals surface area contributed by atoms with Crippen molar-refractivity contribution in [2.24, 2.45) is 0 Å². The zero-order valence-electron chi connectivity index (χ0n) is 11.8. The number of benzene rings is 2. The first-order valence-corrected chi connectivity index (χ1v) is 7.57. The zero-order valence-corrected chi connectivity index (χ0v) is 13.3. The third-order valence-corrected chi connectivity index (χ3v) is 3.94. The van der Waals surface area contributed by atoms with Crippen LogP contribution in [-0.2, 0) is 6.54 Å². The third kappa shape index (κ3) is 2.85. The van der Waals surface area contributed by atoms with E-state index in [1.54, 1.807) is 0 Å². The molecule has 0 atom stereocenters. The van der Waals surface area contributed by atoms with E-state index in [2.05, 4.69) is 45.3 Å². The molecule has 4 heteroatoms. The highest BCUT2D eigenvalue weighted by molar-refractivity contribution is 9.10. The van der Waals surface area contributed by atoms with Gasteiger partial charge < -0.3 is 5.73 Å². The highest BCUT2D eigenvalue weighted by atomic mass is 79.9. The summed E-state index contributed by atoms with van der Waals surface area (Å²) < 4.78 is 2.92. The van der Waals surface area contributed by atoms with Crippen molar-refractivity contribution in [1.82, 2.24) is 9.78 Å². The summed E-state index contributed by atoms with van der Waals surface area (Å²) in [5.41, 5.74) is 10.6. The molecule has 0 bridgehead atoms. The normalized spacial score (nSPS) is 10.8. The molecule has 0 aliphatic carbocycles. The quantitative estimate of drug-likeness (QED) is 0.773. The Morgan fingerprint density at radius 2 is 1.86 bits per heavy atom. The van der Waals surface area contributed by atoms with Gasteiger partial charge >= 0.3 is 0 Å². The molecule has 2 N–H and O–H groups in total. The second-order valence-corrected chi connectivity index (χ2v) is 5.91. The lowest BCUT2D eigenvalue weighted by Crippen LogP contribution is -2.06. The molecule has 106 valence electrons. The van der Waals surface area contributed by atoms with E-state index in [0.29, 0.717) is 12.4 Å². The fourth-order valence-electron chi connectivity index (χ4n) is 2.49. The van der Waals surface area contributed by atoms with Crippen molar-refractivity contribution in [1.29, 1.82) is 0 Å². The summed E-state index contributed by atoms with van der Waals surface area (Å²) in [6, 6.07) is 18.3. The number of nitrogens with two attached hydrogens (primary N) is 1. The fraction of sp³-hybridized carbons (Fsp3) is 0.118. The maximum atomic E-state index is 6.31. The van der Waals surface area contributed by atoms with Crippen LogP contribution in [0.4, 0.5) is 5.82 Å². The van der Waals surface area contributed by atoms with E-state index in [1.807, 2.05) is 41.9 Å². The minimum Gasteiger partial charge on any atom is -0.383 e. The smallest absolute Gasteiger partial charge is 0.130 e. The molecule has 0 unspecified atom stereocenters. The lowest BCUT2D eigenvalue weighted by molar-refractivity contribution is 0.689. The highest BCUT2D eigenvalue weighted by Crippen LogP contribution is 2.29. The average Bonchev–Trinajstić information content (AvgIpc) is 2.74. The molecule has 0 saturated heterocycles. The van der Waals surface area contributed by atoms with Crippen molar-refractivity contribution in [3.05, 3.63) is 70.3 Å². The van der Waals surface area contributed by atoms with Crippen LogP contribution < -0.4 is 5.73 Å². The van der Waals surface area contributed by atoms with Crippen molar-refractivity contribution in [2.45, 2.75) is 13.5 Å². The van der Waals surface area contributed by atoms with Gasteiger partial charge in [-0.3, -0.25) is 0 Å². The molecule has 3 aromatic rings. The molecule has 0 spiro atoms. The monoisotopic (exact) mass is 341 g/mol. The summed E-state index contributed by atoms with van der Waals surface area (Å²) in [7, 11) is 0. The second-order valence-electron chi connectivity index (χ2n) is 5.00. The number of aryl methyl sites for hydroxylation is 1. The minimum absolute atomic E-state index is 0.666. The molecule has 2 aromatic carbocycles. The van der Waals surface area contributed by atoms with E-state index < -0.39 is 0 Å². The second kappa shape index (κ2) is 5.74. The molecule has 0 aliphatic rings. The van der Waals surface area contributed by atoms with E-state index >= 15 is 0 Å². The van der Waals surface area contributed by atoms with Crippen molar-refractivity contribution in [3.63, 3.8) is 0 Å². The number of nitrogen functional groups attached to an aromatic ring is 1. The van der Waals surface area contributed by atoms with Gasteiger partial charge in [-0.2, -0.15) is 5.10 Å². The molecule has 0 fully saturated rings. The van der Waals surface area contributed by atoms with Crippen LogP contribution >= 0.6 is 15.9 Å². The van der Waals surface area contributed by atoms with Crippen LogP contribution in [0.15, 0.2) is 59.1 Å². The Kier molecular flexibility index (Phi) is 3.80. The van der Waals surface area contributed by atoms with Crippen molar-refractivity contribution in [2.75, 3.05) is 5.73 Å². The van der Waals surface area contributed by atoms with Gasteiger partial charge in [-0.05, 0) is 30.2 Å². The molecule has 0 saturated carbocycles. The Morgan fingerprint density at radius 1 is 1.10 bits per heavy atom. The summed E-state index contributed by atoms with van der Waals surface area (Å²) in [5.74, 6) is 0.707. The average molecular weight is 342 g/mol. The number of anilines is 1. The lowest BCUT2D eigenvalue weighted by Gasteiger charge is -2.06. The maximum Gasteiger partial charge on any atom is 0.130 e. The summed E-state index contributed by atoms with van der Waals surface area (Å²) in [6.07, 6.45) is 0. The first-order valence-electron chi connectivity index (χ1n) is 6.78. The predicted molar refractivity (Wildman–Crippen MR) is 90.1 cm³/mol. The van der Waals surface area contributed by atoms with Gasteiger partial charge in [-0.15, -0.1) is 0 Å². The Labute approximate surface area is 132 Å². The molecule has 21 heavy (non-hydrogen) atoms. The van der Waals surface area contributed by atoms with Crippen LogP contribution in [0.5, 0.6) is 0 Å². The van der Waals surface area contributed by atoms with Crippen LogP contribution in [0.25, 0.3) is 11.1 Å². The molecular weight excluding hydrogens is 326 g/mol. The molecule has 1 heterocycles. The third-order valence-electron chi connectivity index (χ3n) is 3.45. The molecular formula is C17H16BrN3. The van der Waals surface area contributed by atoms with Gasteiger partial charge in [0.15, 0.2) is 0 Å². The topological polar surface area (TPSA) is 43.8 Å². The SMILES string of the molecule is Cc1nn(Cc2cccc(Br)c2)c(N)c1-c1ccccc1. The molecule has 0 amide bonds. The van der Waals surface area contributed by atoms with Gasteiger partial charge in [0, 0.05) is 10.0 Å². The van der Waals surface area contributed by atoms with Crippen molar-refractivity contribution < 1.29 is 0 Å². The number of hydrogen-bond acceptors (Lipinski definition) is 2. The molecule has 0 radical (unpaired) electrons. The number of halogens is 1. The van der Waals surface area contributed by atoms with E-state index in [-0.39, 0.29) is 0 Å². The summed E-state index contributed by atoms with van der Waals surface area (Å²) in [5, 5.41) is 4.59. The van der Waals surface area contributed by atoms with Crippen LogP contribution in [-0.4, -0.2) is 9.78 Å². The zero-order chi connectivity index (χ0) is 14.8. The van der Waals surface area contributed by atoms with E-state index in [4.69, 9.17) is 5.73 Å². The van der Waals surface area contributed by atoms with Gasteiger partial charge in [0.25, 0.3) is 0 Å². The number of nitrogens with zero attached hydrogens (tertiary/aromatic N) is 2. The van der Waals surface area contributed by atoms with Gasteiger partial charge in [-0.1, -0.05) is 58.4 Å². The highest BCUT2D eigenvalue weighted by Gasteiger charge is 2.14. The Morgan fingerprint density at radius 3 is 2.57 bits per heavy atom. The first-order chi connectivity index (χ1) is 10.1. The summed E-state index contributed by atoms with van der Waals surface area (Å²) >= 11 is 3.49. The predicted octanol–water partition coefficient (Wildman–Crippen LogP) is 4.25. The summed E-state index contributed by atoms with van der Waals surface area (Å²) in [4.78, 5) is 0. The Balaban J connectivity index is 1.99. The largest absolute Gasteiger partial charge is 0.383 e. The maximum absolute atomic E-state index is 6.31. The van der Waals surface area contributed by atoms with Crippen molar-refractivity contribution in [3.8, 4) is 11.1 Å². The number of rotatable bonds is 3. The van der Waals surface area contributed by atoms with E-state index in [0.717, 1.165) is 26.9 Å². The van der Waals surface area contributed by atoms with Gasteiger partial charge in [0.2, 0.25) is 0 Å². The minimum atomic E-state index is 0.666. The Bertz CT molecular complexity index is 763. The molecule has 3 nitrogen and oxygen atoms in total. The molecule has 3 rings (SSSR count). The van der Waals surface area contributed by atoms with Crippen LogP contribution in [0, 0.1) is 6.92 Å². The fourth-order valence-corrected chi connectivity index (χ4v) is 2.94. The van der Waals surface area contributed by atoms with E-state index in [9.17, 15) is 0 Å². The standard InChI is InChI=1S/C17H16BrN3/c1-12-16(14-7-3-2-4-8-14)17(19)21(20-12)11-13-6-5-9-15(18)10-13/h2-10H,11,19H2,1H3. The van der Waals surface area contributed by atoms with Crippen molar-refractivity contribution >= 4 is 21.7 Å². The van der Waals surface area contributed by atoms with Gasteiger partial charge in [-0.25, -0.2) is 4.68 Å². The van der Waals surface area contributed by atoms with Crippen LogP contribution in [0.1, 0.15) is 11.3 Å². The number of hydrogen-bond donors (Lipinski definition) is 1. The summed E-state index contributed by atoms with van der Waals surface area (Å²) in [6.45, 7) is 2.66. The molecule has 1 aromatic heterocycles. The first kappa shape index (κ1) is 13.9.